The standard InChI is InChI=1S/C23H32N6OS/c1-17-6-5-13-29(16-17)21-14-20(28-11-3-4-12-28)25-22(26-21)27-23(31)24-15-18-7-9-19(30-2)10-8-18/h7-10,14,17H,3-6,11-13,15-16H2,1-2H3,(H2,24,25,26,27,31)/t17-/m1/s1. The summed E-state index contributed by atoms with van der Waals surface area (Å²) in [6.45, 7) is 7.11. The minimum atomic E-state index is 0.521. The van der Waals surface area contributed by atoms with Gasteiger partial charge < -0.3 is 25.2 Å². The zero-order valence-corrected chi connectivity index (χ0v) is 19.2. The van der Waals surface area contributed by atoms with E-state index < -0.39 is 0 Å². The van der Waals surface area contributed by atoms with Gasteiger partial charge in [-0.2, -0.15) is 9.97 Å². The molecule has 2 saturated heterocycles. The van der Waals surface area contributed by atoms with Crippen molar-refractivity contribution in [1.82, 2.24) is 15.3 Å². The maximum absolute atomic E-state index is 5.53. The fourth-order valence-electron chi connectivity index (χ4n) is 4.22. The van der Waals surface area contributed by atoms with E-state index in [2.05, 4.69) is 33.4 Å². The molecule has 4 rings (SSSR count). The third-order valence-corrected chi connectivity index (χ3v) is 6.19. The second kappa shape index (κ2) is 10.1. The Labute approximate surface area is 190 Å². The lowest BCUT2D eigenvalue weighted by Crippen LogP contribution is -2.35. The second-order valence-corrected chi connectivity index (χ2v) is 8.86. The van der Waals surface area contributed by atoms with Gasteiger partial charge in [0.15, 0.2) is 5.11 Å². The Hall–Kier alpha value is -2.61. The third-order valence-electron chi connectivity index (χ3n) is 5.95. The minimum Gasteiger partial charge on any atom is -0.497 e. The number of hydrogen-bond acceptors (Lipinski definition) is 6. The lowest BCUT2D eigenvalue weighted by Gasteiger charge is -2.32. The molecule has 2 aliphatic heterocycles. The maximum atomic E-state index is 5.53. The predicted octanol–water partition coefficient (Wildman–Crippen LogP) is 3.81. The van der Waals surface area contributed by atoms with Crippen molar-refractivity contribution in [3.8, 4) is 5.75 Å². The topological polar surface area (TPSA) is 65.6 Å². The van der Waals surface area contributed by atoms with Crippen molar-refractivity contribution in [2.24, 2.45) is 5.92 Å². The van der Waals surface area contributed by atoms with Gasteiger partial charge in [-0.3, -0.25) is 0 Å². The molecule has 2 fully saturated rings. The number of anilines is 3. The van der Waals surface area contributed by atoms with Gasteiger partial charge in [0.05, 0.1) is 7.11 Å². The van der Waals surface area contributed by atoms with Gasteiger partial charge in [-0.1, -0.05) is 19.1 Å². The fraction of sp³-hybridized carbons (Fsp3) is 0.522. The van der Waals surface area contributed by atoms with Gasteiger partial charge in [0, 0.05) is 38.8 Å². The molecule has 1 atom stereocenters. The number of nitrogens with one attached hydrogen (secondary N) is 2. The van der Waals surface area contributed by atoms with Gasteiger partial charge in [0.2, 0.25) is 5.95 Å². The first-order chi connectivity index (χ1) is 15.1. The van der Waals surface area contributed by atoms with Crippen molar-refractivity contribution in [2.75, 3.05) is 48.4 Å². The summed E-state index contributed by atoms with van der Waals surface area (Å²) in [7, 11) is 1.67. The number of aromatic nitrogens is 2. The second-order valence-electron chi connectivity index (χ2n) is 8.45. The highest BCUT2D eigenvalue weighted by atomic mass is 32.1. The third kappa shape index (κ3) is 5.76. The lowest BCUT2D eigenvalue weighted by molar-refractivity contribution is 0.414. The zero-order valence-electron chi connectivity index (χ0n) is 18.4. The van der Waals surface area contributed by atoms with E-state index in [9.17, 15) is 0 Å². The number of benzene rings is 1. The largest absolute Gasteiger partial charge is 0.497 e. The predicted molar refractivity (Wildman–Crippen MR) is 130 cm³/mol. The normalized spacial score (nSPS) is 18.7. The smallest absolute Gasteiger partial charge is 0.232 e. The molecule has 7 nitrogen and oxygen atoms in total. The minimum absolute atomic E-state index is 0.521. The van der Waals surface area contributed by atoms with Gasteiger partial charge in [-0.05, 0) is 61.5 Å². The highest BCUT2D eigenvalue weighted by Crippen LogP contribution is 2.27. The molecule has 1 aromatic heterocycles. The van der Waals surface area contributed by atoms with Crippen molar-refractivity contribution >= 4 is 34.9 Å². The Balaban J connectivity index is 1.45. The molecule has 0 spiro atoms. The molecule has 31 heavy (non-hydrogen) atoms. The van der Waals surface area contributed by atoms with Crippen molar-refractivity contribution in [2.45, 2.75) is 39.2 Å². The molecule has 3 heterocycles. The van der Waals surface area contributed by atoms with E-state index in [4.69, 9.17) is 26.9 Å². The van der Waals surface area contributed by atoms with Gasteiger partial charge in [-0.15, -0.1) is 0 Å². The van der Waals surface area contributed by atoms with E-state index in [-0.39, 0.29) is 0 Å². The van der Waals surface area contributed by atoms with Crippen molar-refractivity contribution in [3.05, 3.63) is 35.9 Å². The number of ether oxygens (including phenoxy) is 1. The van der Waals surface area contributed by atoms with E-state index in [1.54, 1.807) is 7.11 Å². The Kier molecular flexibility index (Phi) is 7.06. The monoisotopic (exact) mass is 440 g/mol. The molecule has 0 amide bonds. The first-order valence-corrected chi connectivity index (χ1v) is 11.6. The number of piperidine rings is 1. The Morgan fingerprint density at radius 1 is 1.06 bits per heavy atom. The molecule has 1 aromatic carbocycles. The van der Waals surface area contributed by atoms with Crippen LogP contribution in [0, 0.1) is 5.92 Å². The fourth-order valence-corrected chi connectivity index (χ4v) is 4.38. The van der Waals surface area contributed by atoms with Gasteiger partial charge in [-0.25, -0.2) is 0 Å². The number of hydrogen-bond donors (Lipinski definition) is 2. The summed E-state index contributed by atoms with van der Waals surface area (Å²) in [4.78, 5) is 14.3. The first-order valence-electron chi connectivity index (χ1n) is 11.2. The van der Waals surface area contributed by atoms with Gasteiger partial charge >= 0.3 is 0 Å². The molecule has 0 bridgehead atoms. The quantitative estimate of drug-likeness (QED) is 0.658. The molecule has 0 aliphatic carbocycles. The summed E-state index contributed by atoms with van der Waals surface area (Å²) >= 11 is 5.53. The van der Waals surface area contributed by atoms with E-state index in [0.717, 1.165) is 49.1 Å². The Morgan fingerprint density at radius 3 is 2.42 bits per heavy atom. The van der Waals surface area contributed by atoms with E-state index in [0.29, 0.717) is 23.5 Å². The molecule has 0 saturated carbocycles. The lowest BCUT2D eigenvalue weighted by atomic mass is 10.0. The van der Waals surface area contributed by atoms with E-state index >= 15 is 0 Å². The van der Waals surface area contributed by atoms with Crippen LogP contribution in [0.5, 0.6) is 5.75 Å². The van der Waals surface area contributed by atoms with Crippen LogP contribution >= 0.6 is 12.2 Å². The molecular formula is C23H32N6OS. The van der Waals surface area contributed by atoms with Crippen LogP contribution < -0.4 is 25.2 Å². The summed E-state index contributed by atoms with van der Waals surface area (Å²) in [5.74, 6) is 4.06. The Bertz CT molecular complexity index is 884. The Morgan fingerprint density at radius 2 is 1.74 bits per heavy atom. The number of nitrogens with zero attached hydrogens (tertiary/aromatic N) is 4. The highest BCUT2D eigenvalue weighted by molar-refractivity contribution is 7.80. The first kappa shape index (κ1) is 21.6. The van der Waals surface area contributed by atoms with Crippen LogP contribution in [0.1, 0.15) is 38.2 Å². The molecule has 0 radical (unpaired) electrons. The van der Waals surface area contributed by atoms with Crippen LogP contribution in [-0.2, 0) is 6.54 Å². The molecule has 8 heteroatoms. The van der Waals surface area contributed by atoms with Crippen LogP contribution in [0.3, 0.4) is 0 Å². The number of thiocarbonyl (C=S) groups is 1. The average Bonchev–Trinajstić information content (AvgIpc) is 3.33. The van der Waals surface area contributed by atoms with Crippen molar-refractivity contribution < 1.29 is 4.74 Å². The maximum Gasteiger partial charge on any atom is 0.232 e. The summed E-state index contributed by atoms with van der Waals surface area (Å²) in [6, 6.07) is 10.1. The number of methoxy groups -OCH3 is 1. The molecule has 2 aliphatic rings. The van der Waals surface area contributed by atoms with Crippen LogP contribution in [-0.4, -0.2) is 48.4 Å². The van der Waals surface area contributed by atoms with Crippen LogP contribution in [0.15, 0.2) is 30.3 Å². The summed E-state index contributed by atoms with van der Waals surface area (Å²) in [5.41, 5.74) is 1.12. The summed E-state index contributed by atoms with van der Waals surface area (Å²) in [5, 5.41) is 6.98. The van der Waals surface area contributed by atoms with Crippen LogP contribution in [0.2, 0.25) is 0 Å². The SMILES string of the molecule is COc1ccc(CNC(=S)Nc2nc(N3CCCC3)cc(N3CCC[C@@H](C)C3)n2)cc1. The molecular weight excluding hydrogens is 408 g/mol. The van der Waals surface area contributed by atoms with Crippen molar-refractivity contribution in [1.29, 1.82) is 0 Å². The van der Waals surface area contributed by atoms with Gasteiger partial charge in [0.25, 0.3) is 0 Å². The summed E-state index contributed by atoms with van der Waals surface area (Å²) < 4.78 is 5.21. The molecule has 2 aromatic rings. The summed E-state index contributed by atoms with van der Waals surface area (Å²) in [6.07, 6.45) is 4.91. The van der Waals surface area contributed by atoms with Crippen molar-refractivity contribution in [3.63, 3.8) is 0 Å². The van der Waals surface area contributed by atoms with Crippen LogP contribution in [0.4, 0.5) is 17.6 Å². The van der Waals surface area contributed by atoms with Crippen LogP contribution in [0.25, 0.3) is 0 Å². The van der Waals surface area contributed by atoms with E-state index in [1.807, 2.05) is 24.3 Å². The molecule has 2 N–H and O–H groups in total. The zero-order chi connectivity index (χ0) is 21.6. The molecule has 166 valence electrons. The number of rotatable bonds is 6. The highest BCUT2D eigenvalue weighted by Gasteiger charge is 2.22. The average molecular weight is 441 g/mol. The van der Waals surface area contributed by atoms with Gasteiger partial charge in [0.1, 0.15) is 17.4 Å². The molecule has 0 unspecified atom stereocenters. The van der Waals surface area contributed by atoms with E-state index in [1.165, 1.54) is 25.7 Å².